The molecular formula is C18H22N4O. The Hall–Kier alpha value is -2.43. The first-order valence-electron chi connectivity index (χ1n) is 8.00. The van der Waals surface area contributed by atoms with Gasteiger partial charge in [-0.15, -0.1) is 0 Å². The summed E-state index contributed by atoms with van der Waals surface area (Å²) in [7, 11) is 0. The first-order chi connectivity index (χ1) is 11.1. The zero-order chi connectivity index (χ0) is 16.2. The van der Waals surface area contributed by atoms with Crippen LogP contribution in [0.3, 0.4) is 0 Å². The summed E-state index contributed by atoms with van der Waals surface area (Å²) < 4.78 is 0. The van der Waals surface area contributed by atoms with Crippen molar-refractivity contribution in [1.82, 2.24) is 14.9 Å². The minimum atomic E-state index is 0.192. The third-order valence-electron chi connectivity index (χ3n) is 4.33. The Morgan fingerprint density at radius 2 is 1.78 bits per heavy atom. The van der Waals surface area contributed by atoms with Crippen LogP contribution in [0.25, 0.3) is 0 Å². The molecule has 23 heavy (non-hydrogen) atoms. The third-order valence-corrected chi connectivity index (χ3v) is 4.33. The summed E-state index contributed by atoms with van der Waals surface area (Å²) in [4.78, 5) is 25.4. The lowest BCUT2D eigenvalue weighted by atomic mass is 10.1. The fourth-order valence-corrected chi connectivity index (χ4v) is 2.71. The number of carbonyl (C=O) groups excluding carboxylic acids is 1. The van der Waals surface area contributed by atoms with Crippen molar-refractivity contribution in [3.05, 3.63) is 53.3 Å². The molecule has 3 rings (SSSR count). The summed E-state index contributed by atoms with van der Waals surface area (Å²) in [5.74, 6) is 0.958. The van der Waals surface area contributed by atoms with Gasteiger partial charge in [0, 0.05) is 38.1 Å². The molecule has 0 radical (unpaired) electrons. The molecular weight excluding hydrogens is 288 g/mol. The van der Waals surface area contributed by atoms with Crippen molar-refractivity contribution in [3.63, 3.8) is 0 Å². The number of nitrogens with zero attached hydrogens (tertiary/aromatic N) is 4. The molecule has 1 aliphatic rings. The second-order valence-electron chi connectivity index (χ2n) is 5.97. The molecule has 1 aliphatic heterocycles. The predicted molar refractivity (Wildman–Crippen MR) is 90.4 cm³/mol. The van der Waals surface area contributed by atoms with Crippen molar-refractivity contribution in [2.24, 2.45) is 0 Å². The van der Waals surface area contributed by atoms with Crippen molar-refractivity contribution in [2.45, 2.75) is 20.3 Å². The van der Waals surface area contributed by atoms with E-state index in [1.54, 1.807) is 0 Å². The Morgan fingerprint density at radius 1 is 1.09 bits per heavy atom. The Kier molecular flexibility index (Phi) is 4.55. The highest BCUT2D eigenvalue weighted by molar-refractivity contribution is 5.79. The van der Waals surface area contributed by atoms with Gasteiger partial charge >= 0.3 is 0 Å². The van der Waals surface area contributed by atoms with Crippen molar-refractivity contribution >= 4 is 11.9 Å². The van der Waals surface area contributed by atoms with Gasteiger partial charge in [-0.2, -0.15) is 0 Å². The molecule has 1 fully saturated rings. The summed E-state index contributed by atoms with van der Waals surface area (Å²) in [6.45, 7) is 7.02. The van der Waals surface area contributed by atoms with Crippen LogP contribution in [-0.4, -0.2) is 47.0 Å². The molecule has 0 N–H and O–H groups in total. The van der Waals surface area contributed by atoms with E-state index in [0.29, 0.717) is 6.42 Å². The lowest BCUT2D eigenvalue weighted by Gasteiger charge is -2.35. The van der Waals surface area contributed by atoms with Crippen molar-refractivity contribution in [3.8, 4) is 0 Å². The smallest absolute Gasteiger partial charge is 0.227 e. The summed E-state index contributed by atoms with van der Waals surface area (Å²) in [5, 5.41) is 0. The summed E-state index contributed by atoms with van der Waals surface area (Å²) in [6, 6.07) is 9.90. The normalized spacial score (nSPS) is 14.9. The van der Waals surface area contributed by atoms with E-state index in [4.69, 9.17) is 0 Å². The van der Waals surface area contributed by atoms with Gasteiger partial charge in [0.15, 0.2) is 0 Å². The SMILES string of the molecule is Cc1cnc(N2CCN(C(=O)Cc3ccccc3)CC2)nc1C. The standard InChI is InChI=1S/C18H22N4O/c1-14-13-19-18(20-15(14)2)22-10-8-21(9-11-22)17(23)12-16-6-4-3-5-7-16/h3-7,13H,8-12H2,1-2H3. The van der Waals surface area contributed by atoms with Crippen LogP contribution >= 0.6 is 0 Å². The fourth-order valence-electron chi connectivity index (χ4n) is 2.71. The Labute approximate surface area is 137 Å². The average molecular weight is 310 g/mol. The van der Waals surface area contributed by atoms with Crippen LogP contribution in [0, 0.1) is 13.8 Å². The van der Waals surface area contributed by atoms with Gasteiger partial charge in [0.1, 0.15) is 0 Å². The highest BCUT2D eigenvalue weighted by Gasteiger charge is 2.22. The van der Waals surface area contributed by atoms with Crippen molar-refractivity contribution < 1.29 is 4.79 Å². The Bertz CT molecular complexity index is 679. The van der Waals surface area contributed by atoms with Crippen LogP contribution in [0.2, 0.25) is 0 Å². The van der Waals surface area contributed by atoms with Gasteiger partial charge in [-0.3, -0.25) is 4.79 Å². The third kappa shape index (κ3) is 3.67. The van der Waals surface area contributed by atoms with Gasteiger partial charge < -0.3 is 9.80 Å². The molecule has 1 aromatic heterocycles. The zero-order valence-electron chi connectivity index (χ0n) is 13.7. The number of rotatable bonds is 3. The van der Waals surface area contributed by atoms with Crippen LogP contribution in [-0.2, 0) is 11.2 Å². The molecule has 1 amide bonds. The molecule has 0 saturated carbocycles. The molecule has 0 atom stereocenters. The monoisotopic (exact) mass is 310 g/mol. The number of anilines is 1. The van der Waals surface area contributed by atoms with Gasteiger partial charge in [0.05, 0.1) is 6.42 Å². The molecule has 5 heteroatoms. The summed E-state index contributed by atoms with van der Waals surface area (Å²) in [5.41, 5.74) is 3.18. The first-order valence-corrected chi connectivity index (χ1v) is 8.00. The maximum atomic E-state index is 12.4. The first kappa shape index (κ1) is 15.5. The fraction of sp³-hybridized carbons (Fsp3) is 0.389. The lowest BCUT2D eigenvalue weighted by molar-refractivity contribution is -0.130. The minimum Gasteiger partial charge on any atom is -0.339 e. The number of hydrogen-bond donors (Lipinski definition) is 0. The van der Waals surface area contributed by atoms with Crippen LogP contribution in [0.1, 0.15) is 16.8 Å². The van der Waals surface area contributed by atoms with Crippen LogP contribution < -0.4 is 4.90 Å². The molecule has 0 spiro atoms. The number of carbonyl (C=O) groups is 1. The zero-order valence-corrected chi connectivity index (χ0v) is 13.7. The minimum absolute atomic E-state index is 0.192. The van der Waals surface area contributed by atoms with E-state index >= 15 is 0 Å². The Morgan fingerprint density at radius 3 is 2.43 bits per heavy atom. The molecule has 0 unspecified atom stereocenters. The lowest BCUT2D eigenvalue weighted by Crippen LogP contribution is -2.49. The molecule has 120 valence electrons. The van der Waals surface area contributed by atoms with E-state index in [-0.39, 0.29) is 5.91 Å². The average Bonchev–Trinajstić information content (AvgIpc) is 2.58. The Balaban J connectivity index is 1.57. The van der Waals surface area contributed by atoms with Gasteiger partial charge in [-0.25, -0.2) is 9.97 Å². The predicted octanol–water partition coefficient (Wildman–Crippen LogP) is 1.98. The molecule has 2 heterocycles. The van der Waals surface area contributed by atoms with E-state index in [9.17, 15) is 4.79 Å². The van der Waals surface area contributed by atoms with E-state index in [0.717, 1.165) is 48.9 Å². The van der Waals surface area contributed by atoms with Crippen molar-refractivity contribution in [2.75, 3.05) is 31.1 Å². The summed E-state index contributed by atoms with van der Waals surface area (Å²) >= 11 is 0. The molecule has 2 aromatic rings. The largest absolute Gasteiger partial charge is 0.339 e. The van der Waals surface area contributed by atoms with Crippen LogP contribution in [0.5, 0.6) is 0 Å². The number of piperazine rings is 1. The van der Waals surface area contributed by atoms with Crippen LogP contribution in [0.15, 0.2) is 36.5 Å². The van der Waals surface area contributed by atoms with Crippen molar-refractivity contribution in [1.29, 1.82) is 0 Å². The molecule has 0 bridgehead atoms. The second kappa shape index (κ2) is 6.77. The molecule has 5 nitrogen and oxygen atoms in total. The van der Waals surface area contributed by atoms with Crippen LogP contribution in [0.4, 0.5) is 5.95 Å². The van der Waals surface area contributed by atoms with Gasteiger partial charge in [-0.1, -0.05) is 30.3 Å². The highest BCUT2D eigenvalue weighted by atomic mass is 16.2. The molecule has 0 aliphatic carbocycles. The van der Waals surface area contributed by atoms with E-state index in [1.807, 2.05) is 55.3 Å². The van der Waals surface area contributed by atoms with E-state index < -0.39 is 0 Å². The molecule has 1 saturated heterocycles. The van der Waals surface area contributed by atoms with Gasteiger partial charge in [0.25, 0.3) is 0 Å². The number of aryl methyl sites for hydroxylation is 2. The second-order valence-corrected chi connectivity index (χ2v) is 5.97. The number of hydrogen-bond acceptors (Lipinski definition) is 4. The van der Waals surface area contributed by atoms with E-state index in [2.05, 4.69) is 14.9 Å². The maximum Gasteiger partial charge on any atom is 0.227 e. The van der Waals surface area contributed by atoms with Gasteiger partial charge in [-0.05, 0) is 25.0 Å². The number of aromatic nitrogens is 2. The topological polar surface area (TPSA) is 49.3 Å². The van der Waals surface area contributed by atoms with E-state index in [1.165, 1.54) is 0 Å². The number of amides is 1. The maximum absolute atomic E-state index is 12.4. The highest BCUT2D eigenvalue weighted by Crippen LogP contribution is 2.14. The quantitative estimate of drug-likeness (QED) is 0.870. The number of benzene rings is 1. The van der Waals surface area contributed by atoms with Gasteiger partial charge in [0.2, 0.25) is 11.9 Å². The molecule has 1 aromatic carbocycles. The summed E-state index contributed by atoms with van der Waals surface area (Å²) in [6.07, 6.45) is 2.34.